The van der Waals surface area contributed by atoms with Gasteiger partial charge in [-0.2, -0.15) is 0 Å². The Morgan fingerprint density at radius 2 is 1.93 bits per heavy atom. The maximum Gasteiger partial charge on any atom is 0.0472 e. The Hall–Kier alpha value is -0.120. The molecule has 0 bridgehead atoms. The third-order valence-corrected chi connectivity index (χ3v) is 4.51. The summed E-state index contributed by atoms with van der Waals surface area (Å²) in [6, 6.07) is 0.693. The van der Waals surface area contributed by atoms with Crippen LogP contribution in [0.3, 0.4) is 0 Å². The lowest BCUT2D eigenvalue weighted by Crippen LogP contribution is -2.63. The van der Waals surface area contributed by atoms with Crippen LogP contribution in [0.5, 0.6) is 0 Å². The fourth-order valence-electron chi connectivity index (χ4n) is 3.29. The predicted molar refractivity (Wildman–Crippen MR) is 59.6 cm³/mol. The first-order valence-corrected chi connectivity index (χ1v) is 6.35. The van der Waals surface area contributed by atoms with E-state index in [0.29, 0.717) is 11.5 Å². The topological polar surface area (TPSA) is 38.5 Å². The molecule has 86 valence electrons. The molecule has 0 aromatic rings. The number of likely N-dealkylation sites (tertiary alicyclic amines) is 1. The summed E-state index contributed by atoms with van der Waals surface area (Å²) < 4.78 is 5.44. The van der Waals surface area contributed by atoms with E-state index in [9.17, 15) is 0 Å². The SMILES string of the molecule is NCC(C1CC1)N1CC2(CCOCC2)C1. The molecule has 2 N–H and O–H groups in total. The Morgan fingerprint density at radius 3 is 2.47 bits per heavy atom. The zero-order chi connectivity index (χ0) is 10.3. The molecule has 1 saturated carbocycles. The average molecular weight is 210 g/mol. The van der Waals surface area contributed by atoms with E-state index in [0.717, 1.165) is 25.7 Å². The Kier molecular flexibility index (Phi) is 2.49. The van der Waals surface area contributed by atoms with Gasteiger partial charge < -0.3 is 10.5 Å². The molecule has 0 amide bonds. The number of hydrogen-bond donors (Lipinski definition) is 1. The smallest absolute Gasteiger partial charge is 0.0472 e. The van der Waals surface area contributed by atoms with Gasteiger partial charge >= 0.3 is 0 Å². The molecule has 3 nitrogen and oxygen atoms in total. The average Bonchev–Trinajstić information content (AvgIpc) is 3.02. The van der Waals surface area contributed by atoms with E-state index in [1.807, 2.05) is 0 Å². The lowest BCUT2D eigenvalue weighted by molar-refractivity contribution is -0.0988. The Labute approximate surface area is 91.9 Å². The van der Waals surface area contributed by atoms with Crippen LogP contribution in [0.15, 0.2) is 0 Å². The van der Waals surface area contributed by atoms with Gasteiger partial charge in [0.25, 0.3) is 0 Å². The second-order valence-corrected chi connectivity index (χ2v) is 5.66. The minimum absolute atomic E-state index is 0.612. The highest BCUT2D eigenvalue weighted by molar-refractivity contribution is 5.01. The van der Waals surface area contributed by atoms with Gasteiger partial charge in [0.15, 0.2) is 0 Å². The summed E-state index contributed by atoms with van der Waals surface area (Å²) in [4.78, 5) is 2.63. The molecule has 1 atom stereocenters. The lowest BCUT2D eigenvalue weighted by atomic mass is 9.72. The van der Waals surface area contributed by atoms with Crippen LogP contribution >= 0.6 is 0 Å². The van der Waals surface area contributed by atoms with Gasteiger partial charge in [0.2, 0.25) is 0 Å². The Morgan fingerprint density at radius 1 is 1.27 bits per heavy atom. The van der Waals surface area contributed by atoms with Gasteiger partial charge in [-0.3, -0.25) is 4.90 Å². The van der Waals surface area contributed by atoms with Crippen LogP contribution in [0, 0.1) is 11.3 Å². The van der Waals surface area contributed by atoms with Crippen molar-refractivity contribution < 1.29 is 4.74 Å². The maximum atomic E-state index is 5.88. The first-order chi connectivity index (χ1) is 7.33. The zero-order valence-electron chi connectivity index (χ0n) is 9.45. The molecule has 2 aliphatic heterocycles. The minimum Gasteiger partial charge on any atom is -0.381 e. The summed E-state index contributed by atoms with van der Waals surface area (Å²) in [6.07, 6.45) is 5.36. The van der Waals surface area contributed by atoms with Gasteiger partial charge in [0.1, 0.15) is 0 Å². The van der Waals surface area contributed by atoms with Crippen LogP contribution in [0.25, 0.3) is 0 Å². The number of nitrogens with two attached hydrogens (primary N) is 1. The van der Waals surface area contributed by atoms with Crippen molar-refractivity contribution in [1.82, 2.24) is 4.90 Å². The van der Waals surface area contributed by atoms with E-state index in [4.69, 9.17) is 10.5 Å². The second kappa shape index (κ2) is 3.72. The molecule has 0 radical (unpaired) electrons. The van der Waals surface area contributed by atoms with Gasteiger partial charge in [-0.05, 0) is 31.6 Å². The van der Waals surface area contributed by atoms with Crippen molar-refractivity contribution in [3.63, 3.8) is 0 Å². The van der Waals surface area contributed by atoms with E-state index in [1.54, 1.807) is 0 Å². The van der Waals surface area contributed by atoms with Gasteiger partial charge in [-0.25, -0.2) is 0 Å². The minimum atomic E-state index is 0.612. The number of rotatable bonds is 3. The molecule has 1 aliphatic carbocycles. The lowest BCUT2D eigenvalue weighted by Gasteiger charge is -2.55. The van der Waals surface area contributed by atoms with Crippen molar-refractivity contribution >= 4 is 0 Å². The summed E-state index contributed by atoms with van der Waals surface area (Å²) in [7, 11) is 0. The standard InChI is InChI=1S/C12H22N2O/c13-7-11(10-1-2-10)14-8-12(9-14)3-5-15-6-4-12/h10-11H,1-9,13H2. The van der Waals surface area contributed by atoms with Crippen molar-refractivity contribution in [2.75, 3.05) is 32.8 Å². The number of nitrogens with zero attached hydrogens (tertiary/aromatic N) is 1. The molecule has 0 aromatic heterocycles. The number of hydrogen-bond acceptors (Lipinski definition) is 3. The Balaban J connectivity index is 1.55. The van der Waals surface area contributed by atoms with E-state index in [2.05, 4.69) is 4.90 Å². The van der Waals surface area contributed by atoms with E-state index >= 15 is 0 Å². The largest absolute Gasteiger partial charge is 0.381 e. The quantitative estimate of drug-likeness (QED) is 0.750. The molecular formula is C12H22N2O. The van der Waals surface area contributed by atoms with E-state index in [1.165, 1.54) is 38.8 Å². The molecule has 15 heavy (non-hydrogen) atoms. The molecule has 3 rings (SSSR count). The van der Waals surface area contributed by atoms with E-state index in [-0.39, 0.29) is 0 Å². The molecule has 2 heterocycles. The maximum absolute atomic E-state index is 5.88. The fraction of sp³-hybridized carbons (Fsp3) is 1.00. The summed E-state index contributed by atoms with van der Waals surface area (Å²) >= 11 is 0. The first kappa shape index (κ1) is 10.1. The van der Waals surface area contributed by atoms with Crippen molar-refractivity contribution in [2.45, 2.75) is 31.7 Å². The van der Waals surface area contributed by atoms with Crippen molar-refractivity contribution in [1.29, 1.82) is 0 Å². The van der Waals surface area contributed by atoms with Crippen LogP contribution in [-0.2, 0) is 4.74 Å². The molecule has 2 saturated heterocycles. The highest BCUT2D eigenvalue weighted by Crippen LogP contribution is 2.44. The van der Waals surface area contributed by atoms with E-state index < -0.39 is 0 Å². The Bertz CT molecular complexity index is 226. The van der Waals surface area contributed by atoms with Gasteiger partial charge in [0.05, 0.1) is 0 Å². The molecule has 3 fully saturated rings. The third kappa shape index (κ3) is 1.81. The van der Waals surface area contributed by atoms with Crippen LogP contribution in [0.2, 0.25) is 0 Å². The van der Waals surface area contributed by atoms with Crippen molar-refractivity contribution in [3.05, 3.63) is 0 Å². The molecule has 1 spiro atoms. The normalized spacial score (nSPS) is 32.6. The number of ether oxygens (including phenoxy) is 1. The summed E-state index contributed by atoms with van der Waals surface area (Å²) in [5.41, 5.74) is 6.49. The molecular weight excluding hydrogens is 188 g/mol. The van der Waals surface area contributed by atoms with Gasteiger partial charge in [0, 0.05) is 44.3 Å². The first-order valence-electron chi connectivity index (χ1n) is 6.35. The summed E-state index contributed by atoms with van der Waals surface area (Å²) in [6.45, 7) is 5.38. The second-order valence-electron chi connectivity index (χ2n) is 5.66. The van der Waals surface area contributed by atoms with Crippen LogP contribution in [-0.4, -0.2) is 43.8 Å². The third-order valence-electron chi connectivity index (χ3n) is 4.51. The molecule has 3 heteroatoms. The van der Waals surface area contributed by atoms with Crippen LogP contribution < -0.4 is 5.73 Å². The van der Waals surface area contributed by atoms with Crippen LogP contribution in [0.4, 0.5) is 0 Å². The fourth-order valence-corrected chi connectivity index (χ4v) is 3.29. The molecule has 3 aliphatic rings. The highest BCUT2D eigenvalue weighted by atomic mass is 16.5. The van der Waals surface area contributed by atoms with Gasteiger partial charge in [-0.1, -0.05) is 0 Å². The van der Waals surface area contributed by atoms with Crippen molar-refractivity contribution in [2.24, 2.45) is 17.1 Å². The zero-order valence-corrected chi connectivity index (χ0v) is 9.45. The summed E-state index contributed by atoms with van der Waals surface area (Å²) in [5, 5.41) is 0. The monoisotopic (exact) mass is 210 g/mol. The van der Waals surface area contributed by atoms with Gasteiger partial charge in [-0.15, -0.1) is 0 Å². The molecule has 1 unspecified atom stereocenters. The molecule has 0 aromatic carbocycles. The highest BCUT2D eigenvalue weighted by Gasteiger charge is 2.48. The predicted octanol–water partition coefficient (Wildman–Crippen LogP) is 0.836. The van der Waals surface area contributed by atoms with Crippen LogP contribution in [0.1, 0.15) is 25.7 Å². The van der Waals surface area contributed by atoms with Crippen molar-refractivity contribution in [3.8, 4) is 0 Å². The summed E-state index contributed by atoms with van der Waals surface area (Å²) in [5.74, 6) is 0.923.